The third-order valence-electron chi connectivity index (χ3n) is 5.93. The Morgan fingerprint density at radius 3 is 2.62 bits per heavy atom. The van der Waals surface area contributed by atoms with E-state index in [4.69, 9.17) is 9.47 Å². The maximum absolute atomic E-state index is 13.6. The Balaban J connectivity index is 1.97. The van der Waals surface area contributed by atoms with E-state index in [1.54, 1.807) is 11.3 Å². The number of rotatable bonds is 9. The fourth-order valence-electron chi connectivity index (χ4n) is 4.25. The minimum Gasteiger partial charge on any atom is -0.494 e. The van der Waals surface area contributed by atoms with Crippen LogP contribution in [0.3, 0.4) is 0 Å². The van der Waals surface area contributed by atoms with Crippen molar-refractivity contribution in [2.24, 2.45) is 7.05 Å². The molecule has 2 heterocycles. The molecule has 1 aromatic carbocycles. The summed E-state index contributed by atoms with van der Waals surface area (Å²) in [5, 5.41) is 3.14. The molecule has 1 atom stereocenters. The number of halogens is 1. The molecule has 0 amide bonds. The van der Waals surface area contributed by atoms with E-state index in [1.807, 2.05) is 32.4 Å². The minimum atomic E-state index is -1.18. The molecular formula is C24H30BrN2O3S2+. The van der Waals surface area contributed by atoms with Gasteiger partial charge in [0.05, 0.1) is 34.3 Å². The van der Waals surface area contributed by atoms with Gasteiger partial charge in [0.1, 0.15) is 29.4 Å². The second-order valence-electron chi connectivity index (χ2n) is 8.11. The first-order chi connectivity index (χ1) is 15.3. The van der Waals surface area contributed by atoms with E-state index in [9.17, 15) is 4.21 Å². The molecule has 4 rings (SSSR count). The first kappa shape index (κ1) is 23.5. The standard InChI is InChI=1S/C24H30BrN2O3S2/c1-7-29-16(5)22-20(13-32(28)24-26(6)14(3)12-31-24)27(17-9-10-17)19-11-18(25)23(30-8-2)15(4)21(19)22/h11-12,17H,5,7-10,13H2,1-4,6H3/q+1. The Kier molecular flexibility index (Phi) is 6.84. The maximum atomic E-state index is 13.6. The van der Waals surface area contributed by atoms with E-state index >= 15 is 0 Å². The third kappa shape index (κ3) is 4.05. The predicted molar refractivity (Wildman–Crippen MR) is 135 cm³/mol. The molecular weight excluding hydrogens is 508 g/mol. The highest BCUT2D eigenvalue weighted by Crippen LogP contribution is 2.47. The highest BCUT2D eigenvalue weighted by molar-refractivity contribution is 9.10. The second kappa shape index (κ2) is 9.31. The van der Waals surface area contributed by atoms with Crippen molar-refractivity contribution in [1.29, 1.82) is 0 Å². The number of fused-ring (bicyclic) bond motifs is 1. The molecule has 1 unspecified atom stereocenters. The Morgan fingerprint density at radius 2 is 2.06 bits per heavy atom. The number of hydrogen-bond donors (Lipinski definition) is 0. The zero-order valence-electron chi connectivity index (χ0n) is 19.3. The van der Waals surface area contributed by atoms with E-state index in [2.05, 4.69) is 45.4 Å². The maximum Gasteiger partial charge on any atom is 0.328 e. The lowest BCUT2D eigenvalue weighted by Gasteiger charge is -2.13. The lowest BCUT2D eigenvalue weighted by atomic mass is 10.0. The van der Waals surface area contributed by atoms with Gasteiger partial charge in [-0.3, -0.25) is 0 Å². The summed E-state index contributed by atoms with van der Waals surface area (Å²) in [7, 11) is 0.796. The van der Waals surface area contributed by atoms with E-state index < -0.39 is 10.8 Å². The van der Waals surface area contributed by atoms with Gasteiger partial charge >= 0.3 is 4.34 Å². The molecule has 0 N–H and O–H groups in total. The second-order valence-corrected chi connectivity index (χ2v) is 11.4. The summed E-state index contributed by atoms with van der Waals surface area (Å²) in [5.74, 6) is 1.89. The summed E-state index contributed by atoms with van der Waals surface area (Å²) in [5.41, 5.74) is 5.28. The lowest BCUT2D eigenvalue weighted by Crippen LogP contribution is -2.33. The first-order valence-corrected chi connectivity index (χ1v) is 13.9. The van der Waals surface area contributed by atoms with Gasteiger partial charge in [0, 0.05) is 35.2 Å². The molecule has 8 heteroatoms. The molecule has 5 nitrogen and oxygen atoms in total. The van der Waals surface area contributed by atoms with Gasteiger partial charge in [-0.05, 0) is 55.6 Å². The van der Waals surface area contributed by atoms with E-state index in [0.717, 1.165) is 60.8 Å². The van der Waals surface area contributed by atoms with Gasteiger partial charge in [-0.2, -0.15) is 4.57 Å². The van der Waals surface area contributed by atoms with Crippen LogP contribution in [-0.2, 0) is 28.3 Å². The SMILES string of the molecule is C=C(OCC)c1c(CS(=O)c2scc(C)[n+]2C)n(C2CC2)c2cc(Br)c(OCC)c(C)c12. The molecule has 1 saturated carbocycles. The Morgan fingerprint density at radius 1 is 1.34 bits per heavy atom. The Hall–Kier alpha value is -1.64. The van der Waals surface area contributed by atoms with E-state index in [1.165, 1.54) is 0 Å². The van der Waals surface area contributed by atoms with Crippen molar-refractivity contribution in [3.8, 4) is 5.75 Å². The number of benzene rings is 1. The van der Waals surface area contributed by atoms with Crippen LogP contribution >= 0.6 is 27.3 Å². The summed E-state index contributed by atoms with van der Waals surface area (Å²) in [6.07, 6.45) is 2.25. The minimum absolute atomic E-state index is 0.413. The summed E-state index contributed by atoms with van der Waals surface area (Å²) in [6.45, 7) is 13.5. The van der Waals surface area contributed by atoms with Gasteiger partial charge in [-0.15, -0.1) is 0 Å². The molecule has 3 aromatic rings. The smallest absolute Gasteiger partial charge is 0.328 e. The molecule has 2 aromatic heterocycles. The largest absolute Gasteiger partial charge is 0.494 e. The summed E-state index contributed by atoms with van der Waals surface area (Å²) >= 11 is 5.27. The van der Waals surface area contributed by atoms with E-state index in [0.29, 0.717) is 30.8 Å². The summed E-state index contributed by atoms with van der Waals surface area (Å²) in [4.78, 5) is 0. The van der Waals surface area contributed by atoms with Gasteiger partial charge in [0.25, 0.3) is 0 Å². The quantitative estimate of drug-likeness (QED) is 0.250. The number of hydrogen-bond acceptors (Lipinski definition) is 4. The first-order valence-electron chi connectivity index (χ1n) is 10.9. The fraction of sp³-hybridized carbons (Fsp3) is 0.458. The molecule has 172 valence electrons. The van der Waals surface area contributed by atoms with Crippen molar-refractivity contribution in [3.63, 3.8) is 0 Å². The molecule has 1 aliphatic rings. The molecule has 0 aliphatic heterocycles. The zero-order chi connectivity index (χ0) is 23.2. The number of nitrogens with zero attached hydrogens (tertiary/aromatic N) is 2. The van der Waals surface area contributed by atoms with Crippen LogP contribution in [0, 0.1) is 13.8 Å². The molecule has 0 radical (unpaired) electrons. The normalized spacial score (nSPS) is 14.7. The van der Waals surface area contributed by atoms with Crippen LogP contribution < -0.4 is 9.30 Å². The summed E-state index contributed by atoms with van der Waals surface area (Å²) < 4.78 is 31.7. The average molecular weight is 539 g/mol. The van der Waals surface area contributed by atoms with Crippen molar-refractivity contribution in [2.45, 2.75) is 56.7 Å². The molecule has 1 fully saturated rings. The van der Waals surface area contributed by atoms with Crippen molar-refractivity contribution in [1.82, 2.24) is 4.57 Å². The fourth-order valence-corrected chi connectivity index (χ4v) is 7.46. The highest BCUT2D eigenvalue weighted by Gasteiger charge is 2.34. The molecule has 0 bridgehead atoms. The lowest BCUT2D eigenvalue weighted by molar-refractivity contribution is -0.708. The van der Waals surface area contributed by atoms with E-state index in [-0.39, 0.29) is 0 Å². The topological polar surface area (TPSA) is 44.3 Å². The number of thiazole rings is 1. The average Bonchev–Trinajstić information content (AvgIpc) is 3.45. The molecule has 0 saturated heterocycles. The van der Waals surface area contributed by atoms with Gasteiger partial charge in [0.15, 0.2) is 5.69 Å². The molecule has 0 spiro atoms. The Labute approximate surface area is 204 Å². The van der Waals surface area contributed by atoms with Crippen molar-refractivity contribution >= 4 is 54.7 Å². The number of aryl methyl sites for hydroxylation is 2. The summed E-state index contributed by atoms with van der Waals surface area (Å²) in [6, 6.07) is 2.55. The zero-order valence-corrected chi connectivity index (χ0v) is 22.5. The van der Waals surface area contributed by atoms with Crippen LogP contribution in [0.25, 0.3) is 16.7 Å². The van der Waals surface area contributed by atoms with Crippen LogP contribution in [0.2, 0.25) is 0 Å². The van der Waals surface area contributed by atoms with Crippen LogP contribution in [0.4, 0.5) is 0 Å². The highest BCUT2D eigenvalue weighted by atomic mass is 79.9. The van der Waals surface area contributed by atoms with Crippen LogP contribution in [-0.4, -0.2) is 22.0 Å². The van der Waals surface area contributed by atoms with Crippen LogP contribution in [0.5, 0.6) is 5.75 Å². The van der Waals surface area contributed by atoms with Crippen molar-refractivity contribution in [2.75, 3.05) is 13.2 Å². The van der Waals surface area contributed by atoms with Crippen molar-refractivity contribution in [3.05, 3.63) is 45.0 Å². The predicted octanol–water partition coefficient (Wildman–Crippen LogP) is 5.96. The molecule has 1 aliphatic carbocycles. The number of aromatic nitrogens is 2. The van der Waals surface area contributed by atoms with Gasteiger partial charge in [-0.25, -0.2) is 4.21 Å². The van der Waals surface area contributed by atoms with Crippen molar-refractivity contribution < 1.29 is 18.2 Å². The van der Waals surface area contributed by atoms with Gasteiger partial charge < -0.3 is 14.0 Å². The Bertz CT molecular complexity index is 1220. The van der Waals surface area contributed by atoms with Gasteiger partial charge in [0.2, 0.25) is 0 Å². The number of ether oxygens (including phenoxy) is 2. The monoisotopic (exact) mass is 537 g/mol. The van der Waals surface area contributed by atoms with Crippen LogP contribution in [0.15, 0.2) is 26.8 Å². The van der Waals surface area contributed by atoms with Crippen LogP contribution in [0.1, 0.15) is 55.2 Å². The van der Waals surface area contributed by atoms with Gasteiger partial charge in [-0.1, -0.05) is 17.9 Å². The molecule has 32 heavy (non-hydrogen) atoms. The third-order valence-corrected chi connectivity index (χ3v) is 9.50.